The number of piperidine rings is 1. The predicted molar refractivity (Wildman–Crippen MR) is 151 cm³/mol. The summed E-state index contributed by atoms with van der Waals surface area (Å²) in [6.07, 6.45) is 1.80. The first-order valence-corrected chi connectivity index (χ1v) is 16.8. The van der Waals surface area contributed by atoms with Crippen molar-refractivity contribution in [1.29, 1.82) is 0 Å². The summed E-state index contributed by atoms with van der Waals surface area (Å²) in [4.78, 5) is 33.5. The molecule has 1 saturated heterocycles. The minimum atomic E-state index is -3.96. The number of hydrogen-bond donors (Lipinski definition) is 1. The minimum Gasteiger partial charge on any atom is -0.382 e. The van der Waals surface area contributed by atoms with Crippen LogP contribution < -0.4 is 0 Å². The lowest BCUT2D eigenvalue weighted by Gasteiger charge is -2.37. The molecule has 15 heteroatoms. The van der Waals surface area contributed by atoms with Gasteiger partial charge in [-0.2, -0.15) is 4.31 Å². The number of carbonyl (C=O) groups excluding carboxylic acids is 2. The normalized spacial score (nSPS) is 17.4. The molecular formula is C26H30ClN5O7S2. The smallest absolute Gasteiger partial charge is 0.330 e. The number of sulfone groups is 1. The van der Waals surface area contributed by atoms with E-state index in [1.807, 2.05) is 0 Å². The first-order chi connectivity index (χ1) is 19.2. The topological polar surface area (TPSA) is 150 Å². The molecule has 0 radical (unpaired) electrons. The lowest BCUT2D eigenvalue weighted by Crippen LogP contribution is -2.50. The number of amides is 2. The average molecular weight is 624 g/mol. The Hall–Kier alpha value is -3.04. The number of aliphatic hydroxyl groups excluding tert-OH is 1. The summed E-state index contributed by atoms with van der Waals surface area (Å²) in [5.41, 5.74) is 0.655. The molecule has 5 rings (SSSR count). The maximum absolute atomic E-state index is 13.2. The van der Waals surface area contributed by atoms with Gasteiger partial charge in [0.15, 0.2) is 9.84 Å². The Labute approximate surface area is 243 Å². The molecule has 3 heterocycles. The van der Waals surface area contributed by atoms with Crippen molar-refractivity contribution >= 4 is 54.2 Å². The number of hydrogen-bond acceptors (Lipinski definition) is 8. The summed E-state index contributed by atoms with van der Waals surface area (Å²) >= 11 is 5.99. The van der Waals surface area contributed by atoms with Crippen molar-refractivity contribution < 1.29 is 31.5 Å². The van der Waals surface area contributed by atoms with E-state index in [-0.39, 0.29) is 36.6 Å². The lowest BCUT2D eigenvalue weighted by molar-refractivity contribution is -0.140. The number of aromatic nitrogens is 2. The molecule has 41 heavy (non-hydrogen) atoms. The fourth-order valence-corrected chi connectivity index (χ4v) is 7.09. The first kappa shape index (κ1) is 29.5. The molecule has 0 spiro atoms. The van der Waals surface area contributed by atoms with E-state index in [4.69, 9.17) is 11.6 Å². The third-order valence-corrected chi connectivity index (χ3v) is 10.8. The molecule has 2 aliphatic rings. The van der Waals surface area contributed by atoms with Crippen molar-refractivity contribution in [1.82, 2.24) is 23.7 Å². The van der Waals surface area contributed by atoms with Gasteiger partial charge in [0.2, 0.25) is 10.0 Å². The molecule has 1 atom stereocenters. The van der Waals surface area contributed by atoms with Crippen LogP contribution >= 0.6 is 11.6 Å². The number of imidazole rings is 1. The zero-order chi connectivity index (χ0) is 29.7. The maximum Gasteiger partial charge on any atom is 0.330 e. The van der Waals surface area contributed by atoms with Crippen molar-refractivity contribution in [2.75, 3.05) is 32.1 Å². The van der Waals surface area contributed by atoms with Crippen LogP contribution in [0.25, 0.3) is 10.8 Å². The average Bonchev–Trinajstić information content (AvgIpc) is 3.47. The molecular weight excluding hydrogens is 594 g/mol. The van der Waals surface area contributed by atoms with Gasteiger partial charge in [0, 0.05) is 31.2 Å². The molecule has 2 amide bonds. The summed E-state index contributed by atoms with van der Waals surface area (Å²) in [6.45, 7) is 0.765. The van der Waals surface area contributed by atoms with Gasteiger partial charge in [-0.15, -0.1) is 0 Å². The highest BCUT2D eigenvalue weighted by Gasteiger charge is 2.38. The van der Waals surface area contributed by atoms with E-state index < -0.39 is 37.6 Å². The fourth-order valence-electron chi connectivity index (χ4n) is 5.23. The van der Waals surface area contributed by atoms with Crippen LogP contribution in [0.3, 0.4) is 0 Å². The van der Waals surface area contributed by atoms with E-state index in [1.54, 1.807) is 35.4 Å². The van der Waals surface area contributed by atoms with Gasteiger partial charge in [0.1, 0.15) is 11.9 Å². The van der Waals surface area contributed by atoms with Crippen LogP contribution in [0.5, 0.6) is 0 Å². The summed E-state index contributed by atoms with van der Waals surface area (Å²) < 4.78 is 52.1. The zero-order valence-electron chi connectivity index (χ0n) is 22.5. The Morgan fingerprint density at radius 2 is 1.78 bits per heavy atom. The number of rotatable bonds is 8. The summed E-state index contributed by atoms with van der Waals surface area (Å²) in [6, 6.07) is 9.15. The highest BCUT2D eigenvalue weighted by atomic mass is 35.5. The van der Waals surface area contributed by atoms with Gasteiger partial charge in [-0.1, -0.05) is 23.7 Å². The van der Waals surface area contributed by atoms with Gasteiger partial charge in [-0.05, 0) is 47.9 Å². The van der Waals surface area contributed by atoms with Crippen molar-refractivity contribution in [3.63, 3.8) is 0 Å². The predicted octanol–water partition coefficient (Wildman–Crippen LogP) is 1.69. The van der Waals surface area contributed by atoms with Gasteiger partial charge in [-0.25, -0.2) is 31.2 Å². The highest BCUT2D eigenvalue weighted by molar-refractivity contribution is 7.91. The van der Waals surface area contributed by atoms with Crippen LogP contribution in [0.2, 0.25) is 5.02 Å². The van der Waals surface area contributed by atoms with E-state index >= 15 is 0 Å². The second-order valence-electron chi connectivity index (χ2n) is 10.4. The molecule has 1 N–H and O–H groups in total. The Morgan fingerprint density at radius 1 is 1.12 bits per heavy atom. The second-order valence-corrected chi connectivity index (χ2v) is 15.0. The number of sulfonamides is 1. The van der Waals surface area contributed by atoms with Crippen LogP contribution in [0.15, 0.2) is 47.5 Å². The number of likely N-dealkylation sites (tertiary alicyclic amines) is 1. The Kier molecular flexibility index (Phi) is 7.89. The Bertz CT molecular complexity index is 1730. The fraction of sp³-hybridized carbons (Fsp3) is 0.423. The highest BCUT2D eigenvalue weighted by Crippen LogP contribution is 2.28. The summed E-state index contributed by atoms with van der Waals surface area (Å²) in [5, 5.41) is 12.6. The number of aliphatic hydroxyl groups is 1. The maximum atomic E-state index is 13.2. The SMILES string of the molecule is CN(Cc1ncc2n1C(=O)N(C1CCN(C(=O)[C@H](O)CS(=O)(=O)c3ccc4cc(Cl)ccc4c3)CC1)C2)S(C)(=O)=O. The number of nitrogens with zero attached hydrogens (tertiary/aromatic N) is 5. The second kappa shape index (κ2) is 11.0. The molecule has 0 saturated carbocycles. The monoisotopic (exact) mass is 623 g/mol. The quantitative estimate of drug-likeness (QED) is 0.398. The minimum absolute atomic E-state index is 0.00548. The van der Waals surface area contributed by atoms with Crippen LogP contribution in [-0.2, 0) is 37.7 Å². The molecule has 12 nitrogen and oxygen atoms in total. The Balaban J connectivity index is 1.18. The van der Waals surface area contributed by atoms with E-state index in [2.05, 4.69) is 4.98 Å². The van der Waals surface area contributed by atoms with E-state index in [9.17, 15) is 31.5 Å². The van der Waals surface area contributed by atoms with Gasteiger partial charge >= 0.3 is 6.03 Å². The van der Waals surface area contributed by atoms with Crippen molar-refractivity contribution in [2.24, 2.45) is 0 Å². The third-order valence-electron chi connectivity index (χ3n) is 7.62. The summed E-state index contributed by atoms with van der Waals surface area (Å²) in [7, 11) is -5.99. The standard InChI is InChI=1S/C26H30ClN5O7S2/c1-29(40(2,36)37)15-24-28-13-21-14-31(26(35)32(21)24)20-7-9-30(10-8-20)25(34)23(33)16-41(38,39)22-6-4-17-11-19(27)5-3-18(17)12-22/h3-6,11-13,20,23,33H,7-10,14-16H2,1-2H3/t23-/m1/s1. The molecule has 0 aliphatic carbocycles. The zero-order valence-corrected chi connectivity index (χ0v) is 24.9. The number of fused-ring (bicyclic) bond motifs is 2. The van der Waals surface area contributed by atoms with Gasteiger partial charge in [0.05, 0.1) is 41.9 Å². The number of halogens is 1. The van der Waals surface area contributed by atoms with Crippen molar-refractivity contribution in [3.05, 3.63) is 59.1 Å². The third kappa shape index (κ3) is 5.97. The van der Waals surface area contributed by atoms with Gasteiger partial charge in [0.25, 0.3) is 5.91 Å². The van der Waals surface area contributed by atoms with Crippen LogP contribution in [0, 0.1) is 0 Å². The van der Waals surface area contributed by atoms with Crippen molar-refractivity contribution in [3.8, 4) is 0 Å². The Morgan fingerprint density at radius 3 is 2.46 bits per heavy atom. The van der Waals surface area contributed by atoms with Gasteiger partial charge < -0.3 is 14.9 Å². The molecule has 0 unspecified atom stereocenters. The molecule has 3 aromatic rings. The lowest BCUT2D eigenvalue weighted by atomic mass is 10.0. The first-order valence-electron chi connectivity index (χ1n) is 12.9. The van der Waals surface area contributed by atoms with Crippen molar-refractivity contribution in [2.45, 2.75) is 43.0 Å². The van der Waals surface area contributed by atoms with Crippen LogP contribution in [0.4, 0.5) is 4.79 Å². The molecule has 2 aromatic carbocycles. The molecule has 1 fully saturated rings. The molecule has 2 aliphatic heterocycles. The summed E-state index contributed by atoms with van der Waals surface area (Å²) in [5.74, 6) is -1.09. The van der Waals surface area contributed by atoms with Crippen LogP contribution in [-0.4, -0.2) is 102 Å². The number of carbonyl (C=O) groups is 2. The van der Waals surface area contributed by atoms with E-state index in [1.165, 1.54) is 28.6 Å². The van der Waals surface area contributed by atoms with Gasteiger partial charge in [-0.3, -0.25) is 4.79 Å². The largest absolute Gasteiger partial charge is 0.382 e. The molecule has 1 aromatic heterocycles. The van der Waals surface area contributed by atoms with E-state index in [0.29, 0.717) is 41.3 Å². The van der Waals surface area contributed by atoms with E-state index in [0.717, 1.165) is 15.9 Å². The molecule has 0 bridgehead atoms. The number of benzene rings is 2. The molecule has 220 valence electrons. The van der Waals surface area contributed by atoms with Crippen LogP contribution in [0.1, 0.15) is 24.4 Å².